The Bertz CT molecular complexity index is 1330. The van der Waals surface area contributed by atoms with Crippen LogP contribution in [0, 0.1) is 0 Å². The van der Waals surface area contributed by atoms with E-state index in [2.05, 4.69) is 111 Å². The van der Waals surface area contributed by atoms with Crippen molar-refractivity contribution in [3.63, 3.8) is 0 Å². The monoisotopic (exact) mass is 942 g/mol. The second-order valence-corrected chi connectivity index (χ2v) is 18.8. The van der Waals surface area contributed by atoms with Gasteiger partial charge in [-0.15, -0.1) is 0 Å². The van der Waals surface area contributed by atoms with Gasteiger partial charge in [-0.05, 0) is 96.3 Å². The van der Waals surface area contributed by atoms with Crippen molar-refractivity contribution in [1.82, 2.24) is 0 Å². The highest BCUT2D eigenvalue weighted by molar-refractivity contribution is 7.47. The average molecular weight is 942 g/mol. The SMILES string of the molecule is CC/C=C\C/C=C\C/C=C\C/C=C\C/C=C\C/C=C\CCCCCCCCC(=O)OC(COCCCCCCCCCCCC/C=C\C/C=C\CCCCCCC)COP(=O)(O)OCCN. The van der Waals surface area contributed by atoms with Gasteiger partial charge < -0.3 is 20.1 Å². The van der Waals surface area contributed by atoms with Crippen LogP contribution in [0.25, 0.3) is 0 Å². The van der Waals surface area contributed by atoms with Crippen LogP contribution in [0.5, 0.6) is 0 Å². The minimum absolute atomic E-state index is 0.0922. The second-order valence-electron chi connectivity index (χ2n) is 17.4. The molecule has 0 fully saturated rings. The fraction of sp³-hybridized carbons (Fsp3) is 0.702. The van der Waals surface area contributed by atoms with Crippen molar-refractivity contribution in [2.24, 2.45) is 5.73 Å². The Hall–Kier alpha value is -2.58. The molecule has 0 amide bonds. The molecule has 2 atom stereocenters. The number of hydrogen-bond donors (Lipinski definition) is 2. The van der Waals surface area contributed by atoms with E-state index in [1.165, 1.54) is 109 Å². The average Bonchev–Trinajstić information content (AvgIpc) is 3.31. The van der Waals surface area contributed by atoms with E-state index in [-0.39, 0.29) is 32.3 Å². The number of allylic oxidation sites excluding steroid dienone is 16. The number of unbranched alkanes of at least 4 members (excludes halogenated alkanes) is 21. The van der Waals surface area contributed by atoms with Crippen LogP contribution in [0.4, 0.5) is 0 Å². The van der Waals surface area contributed by atoms with Gasteiger partial charge in [0.25, 0.3) is 0 Å². The molecule has 380 valence electrons. The van der Waals surface area contributed by atoms with Crippen LogP contribution >= 0.6 is 7.82 Å². The number of carbonyl (C=O) groups excluding carboxylic acids is 1. The van der Waals surface area contributed by atoms with Gasteiger partial charge in [-0.25, -0.2) is 4.57 Å². The maximum atomic E-state index is 12.7. The van der Waals surface area contributed by atoms with E-state index in [4.69, 9.17) is 24.3 Å². The molecule has 0 aromatic heterocycles. The zero-order chi connectivity index (χ0) is 48.0. The van der Waals surface area contributed by atoms with E-state index in [1.54, 1.807) is 0 Å². The quantitative estimate of drug-likeness (QED) is 0.0268. The van der Waals surface area contributed by atoms with E-state index < -0.39 is 13.9 Å². The Morgan fingerprint density at radius 3 is 1.27 bits per heavy atom. The van der Waals surface area contributed by atoms with Gasteiger partial charge in [0.05, 0.1) is 19.8 Å². The Labute approximate surface area is 406 Å². The van der Waals surface area contributed by atoms with Crippen LogP contribution in [0.15, 0.2) is 97.2 Å². The molecule has 0 spiro atoms. The maximum absolute atomic E-state index is 12.7. The van der Waals surface area contributed by atoms with E-state index >= 15 is 0 Å². The Kier molecular flexibility index (Phi) is 51.3. The van der Waals surface area contributed by atoms with Crippen LogP contribution in [0.1, 0.15) is 219 Å². The number of esters is 1. The Balaban J connectivity index is 4.01. The first-order chi connectivity index (χ1) is 32.4. The minimum atomic E-state index is -4.30. The van der Waals surface area contributed by atoms with Gasteiger partial charge in [0.2, 0.25) is 0 Å². The molecule has 9 heteroatoms. The zero-order valence-electron chi connectivity index (χ0n) is 42.4. The number of rotatable bonds is 50. The molecule has 0 aliphatic carbocycles. The van der Waals surface area contributed by atoms with Crippen LogP contribution in [-0.4, -0.2) is 49.9 Å². The molecular formula is C57H100NO7P. The lowest BCUT2D eigenvalue weighted by Crippen LogP contribution is -2.28. The van der Waals surface area contributed by atoms with Gasteiger partial charge >= 0.3 is 13.8 Å². The summed E-state index contributed by atoms with van der Waals surface area (Å²) in [5, 5.41) is 0. The number of nitrogens with two attached hydrogens (primary N) is 1. The fourth-order valence-electron chi connectivity index (χ4n) is 7.09. The molecule has 0 bridgehead atoms. The van der Waals surface area contributed by atoms with E-state index in [1.807, 2.05) is 0 Å². The van der Waals surface area contributed by atoms with E-state index in [0.29, 0.717) is 13.0 Å². The Morgan fingerprint density at radius 2 is 0.848 bits per heavy atom. The first-order valence-corrected chi connectivity index (χ1v) is 28.2. The standard InChI is InChI=1S/C57H100NO7P/c1-3-5-7-9-11-13-15-17-19-21-23-25-27-28-29-30-32-34-36-38-40-42-44-46-48-50-57(59)65-56(55-64-66(60,61)63-53-51-58)54-62-52-49-47-45-43-41-39-37-35-33-31-26-24-22-20-18-16-14-12-10-8-6-4-2/h5,7,11,13,16-19,22-25,28-29,32,34,56H,3-4,6,8-10,12,14-15,20-21,26-27,30-31,33,35-55,58H2,1-2H3,(H,60,61)/b7-5-,13-11-,18-16-,19-17-,24-22-,25-23-,29-28-,34-32-. The summed E-state index contributed by atoms with van der Waals surface area (Å²) in [5.41, 5.74) is 5.39. The first-order valence-electron chi connectivity index (χ1n) is 26.7. The summed E-state index contributed by atoms with van der Waals surface area (Å²) in [6, 6.07) is 0. The molecule has 2 unspecified atom stereocenters. The molecule has 8 nitrogen and oxygen atoms in total. The second kappa shape index (κ2) is 53.4. The van der Waals surface area contributed by atoms with Gasteiger partial charge in [-0.3, -0.25) is 13.8 Å². The number of phosphoric acid groups is 1. The first kappa shape index (κ1) is 63.4. The van der Waals surface area contributed by atoms with Gasteiger partial charge in [-0.2, -0.15) is 0 Å². The third-order valence-corrected chi connectivity index (χ3v) is 12.0. The van der Waals surface area contributed by atoms with Gasteiger partial charge in [0, 0.05) is 19.6 Å². The summed E-state index contributed by atoms with van der Waals surface area (Å²) in [7, 11) is -4.30. The topological polar surface area (TPSA) is 117 Å². The summed E-state index contributed by atoms with van der Waals surface area (Å²) < 4.78 is 33.6. The molecule has 0 rings (SSSR count). The summed E-state index contributed by atoms with van der Waals surface area (Å²) in [5.74, 6) is -0.348. The van der Waals surface area contributed by atoms with Crippen molar-refractivity contribution >= 4 is 13.8 Å². The van der Waals surface area contributed by atoms with Crippen LogP contribution in [-0.2, 0) is 27.9 Å². The molecule has 0 aromatic carbocycles. The van der Waals surface area contributed by atoms with Gasteiger partial charge in [-0.1, -0.05) is 214 Å². The molecule has 3 N–H and O–H groups in total. The molecule has 0 heterocycles. The van der Waals surface area contributed by atoms with Crippen molar-refractivity contribution in [3.05, 3.63) is 97.2 Å². The smallest absolute Gasteiger partial charge is 0.457 e. The maximum Gasteiger partial charge on any atom is 0.472 e. The van der Waals surface area contributed by atoms with E-state index in [0.717, 1.165) is 89.9 Å². The van der Waals surface area contributed by atoms with Gasteiger partial charge in [0.15, 0.2) is 0 Å². The van der Waals surface area contributed by atoms with Gasteiger partial charge in [0.1, 0.15) is 6.10 Å². The molecular weight excluding hydrogens is 842 g/mol. The highest BCUT2D eigenvalue weighted by atomic mass is 31.2. The lowest BCUT2D eigenvalue weighted by Gasteiger charge is -2.20. The highest BCUT2D eigenvalue weighted by Gasteiger charge is 2.25. The van der Waals surface area contributed by atoms with Crippen molar-refractivity contribution in [3.8, 4) is 0 Å². The Morgan fingerprint density at radius 1 is 0.470 bits per heavy atom. The largest absolute Gasteiger partial charge is 0.472 e. The zero-order valence-corrected chi connectivity index (χ0v) is 43.3. The summed E-state index contributed by atoms with van der Waals surface area (Å²) >= 11 is 0. The molecule has 66 heavy (non-hydrogen) atoms. The van der Waals surface area contributed by atoms with Crippen molar-refractivity contribution < 1.29 is 32.8 Å². The number of ether oxygens (including phenoxy) is 2. The highest BCUT2D eigenvalue weighted by Crippen LogP contribution is 2.43. The van der Waals surface area contributed by atoms with Crippen LogP contribution in [0.3, 0.4) is 0 Å². The molecule has 0 aromatic rings. The fourth-order valence-corrected chi connectivity index (χ4v) is 7.85. The number of carbonyl (C=O) groups is 1. The molecule has 0 saturated carbocycles. The summed E-state index contributed by atoms with van der Waals surface area (Å²) in [6.45, 7) is 4.77. The number of hydrogen-bond acceptors (Lipinski definition) is 7. The van der Waals surface area contributed by atoms with Crippen molar-refractivity contribution in [2.45, 2.75) is 225 Å². The molecule has 0 radical (unpaired) electrons. The summed E-state index contributed by atoms with van der Waals surface area (Å²) in [4.78, 5) is 22.6. The lowest BCUT2D eigenvalue weighted by molar-refractivity contribution is -0.154. The lowest BCUT2D eigenvalue weighted by atomic mass is 10.1. The predicted molar refractivity (Wildman–Crippen MR) is 284 cm³/mol. The summed E-state index contributed by atoms with van der Waals surface area (Å²) in [6.07, 6.45) is 71.5. The predicted octanol–water partition coefficient (Wildman–Crippen LogP) is 17.0. The van der Waals surface area contributed by atoms with Crippen molar-refractivity contribution in [2.75, 3.05) is 33.0 Å². The van der Waals surface area contributed by atoms with Crippen LogP contribution < -0.4 is 5.73 Å². The van der Waals surface area contributed by atoms with E-state index in [9.17, 15) is 14.3 Å². The normalized spacial score (nSPS) is 14.1. The molecule has 0 aliphatic heterocycles. The molecule has 0 aliphatic rings. The third-order valence-electron chi connectivity index (χ3n) is 11.0. The number of phosphoric ester groups is 1. The van der Waals surface area contributed by atoms with Crippen LogP contribution in [0.2, 0.25) is 0 Å². The third kappa shape index (κ3) is 52.4. The van der Waals surface area contributed by atoms with Crippen molar-refractivity contribution in [1.29, 1.82) is 0 Å². The minimum Gasteiger partial charge on any atom is -0.457 e. The molecule has 0 saturated heterocycles.